The Kier molecular flexibility index (Phi) is 5.57. The Balaban J connectivity index is 1.64. The van der Waals surface area contributed by atoms with Gasteiger partial charge in [0.2, 0.25) is 5.76 Å². The van der Waals surface area contributed by atoms with E-state index in [1.807, 2.05) is 19.1 Å². The summed E-state index contributed by atoms with van der Waals surface area (Å²) < 4.78 is 6.52. The lowest BCUT2D eigenvalue weighted by Gasteiger charge is -2.12. The molecule has 28 heavy (non-hydrogen) atoms. The number of hydrogen-bond acceptors (Lipinski definition) is 6. The minimum absolute atomic E-state index is 0.0380. The van der Waals surface area contributed by atoms with Crippen molar-refractivity contribution in [1.29, 1.82) is 5.26 Å². The molecule has 0 aliphatic heterocycles. The molecule has 0 spiro atoms. The van der Waals surface area contributed by atoms with E-state index in [9.17, 15) is 9.59 Å². The number of rotatable bonds is 6. The largest absolute Gasteiger partial charge is 0.352 e. The van der Waals surface area contributed by atoms with Gasteiger partial charge in [-0.25, -0.2) is 0 Å². The van der Waals surface area contributed by atoms with Gasteiger partial charge in [-0.2, -0.15) is 10.4 Å². The molecule has 1 amide bonds. The highest BCUT2D eigenvalue weighted by Gasteiger charge is 2.16. The van der Waals surface area contributed by atoms with Crippen LogP contribution in [0.25, 0.3) is 11.3 Å². The second-order valence-electron chi connectivity index (χ2n) is 6.18. The minimum Gasteiger partial charge on any atom is -0.352 e. The molecule has 0 aliphatic carbocycles. The van der Waals surface area contributed by atoms with Crippen molar-refractivity contribution in [2.24, 2.45) is 0 Å². The second-order valence-corrected chi connectivity index (χ2v) is 6.59. The number of carbonyl (C=O) groups is 2. The zero-order chi connectivity index (χ0) is 20.3. The molecule has 9 heteroatoms. The zero-order valence-corrected chi connectivity index (χ0v) is 15.9. The summed E-state index contributed by atoms with van der Waals surface area (Å²) in [4.78, 5) is 23.3. The van der Waals surface area contributed by atoms with Crippen LogP contribution in [-0.2, 0) is 0 Å². The molecule has 1 atom stereocenters. The van der Waals surface area contributed by atoms with E-state index in [1.165, 1.54) is 13.0 Å². The number of carbonyl (C=O) groups excluding carboxylic acids is 2. The van der Waals surface area contributed by atoms with E-state index in [2.05, 4.69) is 15.6 Å². The van der Waals surface area contributed by atoms with Gasteiger partial charge in [-0.3, -0.25) is 14.3 Å². The Morgan fingerprint density at radius 1 is 1.36 bits per heavy atom. The maximum absolute atomic E-state index is 12.1. The molecule has 0 bridgehead atoms. The van der Waals surface area contributed by atoms with Crippen LogP contribution in [-0.4, -0.2) is 33.2 Å². The lowest BCUT2D eigenvalue weighted by Crippen LogP contribution is -2.30. The predicted molar refractivity (Wildman–Crippen MR) is 101 cm³/mol. The van der Waals surface area contributed by atoms with Crippen molar-refractivity contribution in [3.63, 3.8) is 0 Å². The number of benzene rings is 1. The molecule has 1 aromatic carbocycles. The monoisotopic (exact) mass is 397 g/mol. The van der Waals surface area contributed by atoms with Gasteiger partial charge in [-0.15, -0.1) is 0 Å². The van der Waals surface area contributed by atoms with E-state index in [0.717, 1.165) is 5.56 Å². The summed E-state index contributed by atoms with van der Waals surface area (Å²) in [7, 11) is 0. The van der Waals surface area contributed by atoms with E-state index in [0.29, 0.717) is 22.8 Å². The Morgan fingerprint density at radius 3 is 2.79 bits per heavy atom. The van der Waals surface area contributed by atoms with Gasteiger partial charge in [-0.05, 0) is 25.1 Å². The van der Waals surface area contributed by atoms with Gasteiger partial charge >= 0.3 is 0 Å². The average Bonchev–Trinajstić information content (AvgIpc) is 3.35. The van der Waals surface area contributed by atoms with Gasteiger partial charge in [0, 0.05) is 31.3 Å². The van der Waals surface area contributed by atoms with Gasteiger partial charge in [0.05, 0.1) is 22.3 Å². The third-order valence-corrected chi connectivity index (χ3v) is 4.41. The predicted octanol–water partition coefficient (Wildman–Crippen LogP) is 3.26. The van der Waals surface area contributed by atoms with E-state index < -0.39 is 5.91 Å². The molecular formula is C19H16ClN5O3. The second kappa shape index (κ2) is 8.06. The Morgan fingerprint density at radius 2 is 2.14 bits per heavy atom. The van der Waals surface area contributed by atoms with Crippen molar-refractivity contribution < 1.29 is 14.1 Å². The highest BCUT2D eigenvalue weighted by atomic mass is 35.5. The average molecular weight is 398 g/mol. The first-order valence-electron chi connectivity index (χ1n) is 8.40. The molecule has 0 radical (unpaired) electrons. The Bertz CT molecular complexity index is 1080. The molecular weight excluding hydrogens is 382 g/mol. The maximum atomic E-state index is 12.1. The lowest BCUT2D eigenvalue weighted by molar-refractivity contribution is 0.0933. The molecule has 8 nitrogen and oxygen atoms in total. The number of Topliss-reactive ketones (excluding diaryl/α,β-unsaturated/α-hetero) is 1. The van der Waals surface area contributed by atoms with Gasteiger partial charge in [0.1, 0.15) is 6.07 Å². The van der Waals surface area contributed by atoms with Crippen LogP contribution in [0.3, 0.4) is 0 Å². The third-order valence-electron chi connectivity index (χ3n) is 4.09. The first kappa shape index (κ1) is 19.3. The number of aromatic nitrogens is 3. The molecule has 0 aliphatic rings. The Hall–Kier alpha value is -3.44. The van der Waals surface area contributed by atoms with Crippen molar-refractivity contribution in [2.75, 3.05) is 6.54 Å². The smallest absolute Gasteiger partial charge is 0.273 e. The van der Waals surface area contributed by atoms with E-state index in [1.54, 1.807) is 29.1 Å². The summed E-state index contributed by atoms with van der Waals surface area (Å²) in [5.41, 5.74) is 1.94. The van der Waals surface area contributed by atoms with Crippen LogP contribution in [0.2, 0.25) is 5.02 Å². The van der Waals surface area contributed by atoms with E-state index >= 15 is 0 Å². The highest BCUT2D eigenvalue weighted by molar-refractivity contribution is 6.32. The van der Waals surface area contributed by atoms with Crippen LogP contribution in [0.4, 0.5) is 0 Å². The number of ketones is 1. The molecule has 3 aromatic rings. The molecule has 3 rings (SSSR count). The molecule has 142 valence electrons. The molecule has 0 saturated carbocycles. The molecule has 0 fully saturated rings. The summed E-state index contributed by atoms with van der Waals surface area (Å²) in [6.45, 7) is 3.53. The van der Waals surface area contributed by atoms with Crippen molar-refractivity contribution in [1.82, 2.24) is 20.3 Å². The number of nitrogens with one attached hydrogen (secondary N) is 1. The fourth-order valence-electron chi connectivity index (χ4n) is 2.48. The summed E-state index contributed by atoms with van der Waals surface area (Å²) in [6, 6.07) is 10.1. The molecule has 2 aromatic heterocycles. The van der Waals surface area contributed by atoms with Crippen LogP contribution in [0.5, 0.6) is 0 Å². The minimum atomic E-state index is -0.436. The highest BCUT2D eigenvalue weighted by Crippen LogP contribution is 2.24. The van der Waals surface area contributed by atoms with Crippen molar-refractivity contribution >= 4 is 23.3 Å². The SMILES string of the molecule is CC(=O)c1cc(C(=O)NCC(C)n2ccc(-c3ccc(C#N)c(Cl)c3)n2)no1. The van der Waals surface area contributed by atoms with Crippen LogP contribution < -0.4 is 5.32 Å². The molecule has 0 saturated heterocycles. The fraction of sp³-hybridized carbons (Fsp3) is 0.211. The van der Waals surface area contributed by atoms with Crippen LogP contribution in [0.1, 0.15) is 46.5 Å². The first-order chi connectivity index (χ1) is 13.4. The fourth-order valence-corrected chi connectivity index (χ4v) is 2.70. The molecule has 1 unspecified atom stereocenters. The first-order valence-corrected chi connectivity index (χ1v) is 8.78. The van der Waals surface area contributed by atoms with Gasteiger partial charge in [-0.1, -0.05) is 22.8 Å². The summed E-state index contributed by atoms with van der Waals surface area (Å²) in [6.07, 6.45) is 1.79. The van der Waals surface area contributed by atoms with Crippen LogP contribution in [0.15, 0.2) is 41.1 Å². The molecule has 2 heterocycles. The number of amides is 1. The summed E-state index contributed by atoms with van der Waals surface area (Å²) in [5.74, 6) is -0.697. The third kappa shape index (κ3) is 4.10. The number of nitriles is 1. The number of hydrogen-bond donors (Lipinski definition) is 1. The number of nitrogens with zero attached hydrogens (tertiary/aromatic N) is 4. The normalized spacial score (nSPS) is 11.6. The van der Waals surface area contributed by atoms with E-state index in [-0.39, 0.29) is 23.3 Å². The van der Waals surface area contributed by atoms with Crippen molar-refractivity contribution in [3.8, 4) is 17.3 Å². The lowest BCUT2D eigenvalue weighted by atomic mass is 10.1. The van der Waals surface area contributed by atoms with Gasteiger partial charge < -0.3 is 9.84 Å². The van der Waals surface area contributed by atoms with Crippen LogP contribution >= 0.6 is 11.6 Å². The van der Waals surface area contributed by atoms with Crippen molar-refractivity contribution in [3.05, 3.63) is 58.6 Å². The Labute approximate surface area is 165 Å². The standard InChI is InChI=1S/C19H16ClN5O3/c1-11(10-22-19(27)17-8-18(12(2)26)28-24-17)25-6-5-16(23-25)13-3-4-14(9-21)15(20)7-13/h3-8,11H,10H2,1-2H3,(H,22,27). The topological polar surface area (TPSA) is 114 Å². The van der Waals surface area contributed by atoms with E-state index in [4.69, 9.17) is 21.4 Å². The molecule has 1 N–H and O–H groups in total. The van der Waals surface area contributed by atoms with Gasteiger partial charge in [0.15, 0.2) is 11.5 Å². The summed E-state index contributed by atoms with van der Waals surface area (Å²) in [5, 5.41) is 20.1. The maximum Gasteiger partial charge on any atom is 0.273 e. The van der Waals surface area contributed by atoms with Gasteiger partial charge in [0.25, 0.3) is 5.91 Å². The number of halogens is 1. The van der Waals surface area contributed by atoms with Crippen LogP contribution in [0, 0.1) is 11.3 Å². The quantitative estimate of drug-likeness (QED) is 0.638. The van der Waals surface area contributed by atoms with Crippen molar-refractivity contribution in [2.45, 2.75) is 19.9 Å². The zero-order valence-electron chi connectivity index (χ0n) is 15.1. The summed E-state index contributed by atoms with van der Waals surface area (Å²) >= 11 is 6.07.